The Hall–Kier alpha value is -2.21. The molecule has 0 bridgehead atoms. The van der Waals surface area contributed by atoms with Crippen LogP contribution in [0.3, 0.4) is 0 Å². The van der Waals surface area contributed by atoms with E-state index in [4.69, 9.17) is 9.57 Å². The van der Waals surface area contributed by atoms with E-state index in [1.54, 1.807) is 23.5 Å². The highest BCUT2D eigenvalue weighted by Gasteiger charge is 2.30. The maximum absolute atomic E-state index is 13.2. The monoisotopic (exact) mass is 319 g/mol. The molecule has 1 aromatic carbocycles. The van der Waals surface area contributed by atoms with Crippen LogP contribution in [-0.4, -0.2) is 24.4 Å². The quantitative estimate of drug-likeness (QED) is 0.795. The fourth-order valence-electron chi connectivity index (χ4n) is 2.14. The van der Waals surface area contributed by atoms with Gasteiger partial charge in [-0.15, -0.1) is 11.3 Å². The van der Waals surface area contributed by atoms with Crippen LogP contribution in [0.15, 0.2) is 46.9 Å². The number of carbonyl (C=O) groups excluding carboxylic acids is 1. The zero-order valence-corrected chi connectivity index (χ0v) is 12.5. The molecule has 2 aromatic rings. The molecule has 0 unspecified atom stereocenters. The summed E-state index contributed by atoms with van der Waals surface area (Å²) in [5.41, 5.74) is 1.17. The molecule has 0 saturated carbocycles. The highest BCUT2D eigenvalue weighted by molar-refractivity contribution is 7.09. The van der Waals surface area contributed by atoms with Crippen molar-refractivity contribution in [1.82, 2.24) is 0 Å². The number of esters is 1. The van der Waals surface area contributed by atoms with E-state index in [9.17, 15) is 9.18 Å². The van der Waals surface area contributed by atoms with Crippen LogP contribution in [0.2, 0.25) is 0 Å². The first-order chi connectivity index (χ1) is 10.7. The van der Waals surface area contributed by atoms with Gasteiger partial charge in [0.1, 0.15) is 5.82 Å². The molecular formula is C16H14FNO3S. The molecular weight excluding hydrogens is 305 g/mol. The van der Waals surface area contributed by atoms with Gasteiger partial charge >= 0.3 is 5.97 Å². The summed E-state index contributed by atoms with van der Waals surface area (Å²) in [5, 5.41) is 5.84. The summed E-state index contributed by atoms with van der Waals surface area (Å²) >= 11 is 1.63. The van der Waals surface area contributed by atoms with Gasteiger partial charge in [-0.05, 0) is 23.6 Å². The van der Waals surface area contributed by atoms with Crippen LogP contribution in [0, 0.1) is 5.82 Å². The summed E-state index contributed by atoms with van der Waals surface area (Å²) in [6, 6.07) is 10.0. The number of halogens is 1. The lowest BCUT2D eigenvalue weighted by Gasteiger charge is -2.08. The fraction of sp³-hybridized carbons (Fsp3) is 0.250. The summed E-state index contributed by atoms with van der Waals surface area (Å²) in [4.78, 5) is 18.2. The van der Waals surface area contributed by atoms with Crippen LogP contribution in [0.5, 0.6) is 0 Å². The minimum Gasteiger partial charge on any atom is -0.462 e. The average Bonchev–Trinajstić information content (AvgIpc) is 3.19. The maximum atomic E-state index is 13.2. The number of ether oxygens (including phenoxy) is 1. The Morgan fingerprint density at radius 2 is 2.32 bits per heavy atom. The Balaban J connectivity index is 1.49. The minimum atomic E-state index is -0.749. The number of rotatable bonds is 5. The van der Waals surface area contributed by atoms with Crippen molar-refractivity contribution >= 4 is 23.0 Å². The van der Waals surface area contributed by atoms with Gasteiger partial charge in [0, 0.05) is 23.3 Å². The summed E-state index contributed by atoms with van der Waals surface area (Å²) in [5.74, 6) is -0.783. The third kappa shape index (κ3) is 3.51. The minimum absolute atomic E-state index is 0.293. The van der Waals surface area contributed by atoms with E-state index in [1.807, 2.05) is 17.5 Å². The van der Waals surface area contributed by atoms with E-state index < -0.39 is 12.1 Å². The predicted molar refractivity (Wildman–Crippen MR) is 81.4 cm³/mol. The SMILES string of the molecule is O=C(OCCc1cccs1)[C@H]1CC(c2cccc(F)c2)=NO1. The molecule has 0 aliphatic carbocycles. The van der Waals surface area contributed by atoms with Crippen LogP contribution in [0.1, 0.15) is 16.9 Å². The Labute approximate surface area is 131 Å². The second-order valence-electron chi connectivity index (χ2n) is 4.84. The van der Waals surface area contributed by atoms with Crippen LogP contribution in [0.4, 0.5) is 4.39 Å². The van der Waals surface area contributed by atoms with Crippen molar-refractivity contribution in [3.8, 4) is 0 Å². The first-order valence-corrected chi connectivity index (χ1v) is 7.78. The third-order valence-electron chi connectivity index (χ3n) is 3.26. The van der Waals surface area contributed by atoms with E-state index >= 15 is 0 Å². The smallest absolute Gasteiger partial charge is 0.350 e. The highest BCUT2D eigenvalue weighted by Crippen LogP contribution is 2.18. The Kier molecular flexibility index (Phi) is 4.48. The van der Waals surface area contributed by atoms with Crippen molar-refractivity contribution in [2.45, 2.75) is 18.9 Å². The van der Waals surface area contributed by atoms with Crippen molar-refractivity contribution < 1.29 is 18.8 Å². The standard InChI is InChI=1S/C16H14FNO3S/c17-12-4-1-3-11(9-12)14-10-15(21-18-14)16(19)20-7-6-13-5-2-8-22-13/h1-5,8-9,15H,6-7,10H2/t15-/m1/s1. The number of hydrogen-bond donors (Lipinski definition) is 0. The van der Waals surface area contributed by atoms with Crippen LogP contribution >= 0.6 is 11.3 Å². The van der Waals surface area contributed by atoms with Crippen molar-refractivity contribution in [1.29, 1.82) is 0 Å². The van der Waals surface area contributed by atoms with Gasteiger partial charge in [-0.1, -0.05) is 23.4 Å². The number of thiophene rings is 1. The van der Waals surface area contributed by atoms with E-state index in [1.165, 1.54) is 12.1 Å². The van der Waals surface area contributed by atoms with Gasteiger partial charge in [-0.3, -0.25) is 0 Å². The first kappa shape index (κ1) is 14.7. The Morgan fingerprint density at radius 3 is 3.09 bits per heavy atom. The van der Waals surface area contributed by atoms with E-state index in [2.05, 4.69) is 5.16 Å². The molecule has 1 aromatic heterocycles. The Bertz CT molecular complexity index is 684. The molecule has 3 rings (SSSR count). The molecule has 2 heterocycles. The molecule has 1 aliphatic heterocycles. The van der Waals surface area contributed by atoms with E-state index in [-0.39, 0.29) is 5.82 Å². The molecule has 0 spiro atoms. The zero-order chi connectivity index (χ0) is 15.4. The zero-order valence-electron chi connectivity index (χ0n) is 11.7. The molecule has 1 aliphatic rings. The topological polar surface area (TPSA) is 47.9 Å². The lowest BCUT2D eigenvalue weighted by atomic mass is 10.1. The van der Waals surface area contributed by atoms with Crippen LogP contribution < -0.4 is 0 Å². The molecule has 0 fully saturated rings. The molecule has 22 heavy (non-hydrogen) atoms. The average molecular weight is 319 g/mol. The first-order valence-electron chi connectivity index (χ1n) is 6.90. The summed E-state index contributed by atoms with van der Waals surface area (Å²) < 4.78 is 18.4. The molecule has 6 heteroatoms. The largest absolute Gasteiger partial charge is 0.462 e. The lowest BCUT2D eigenvalue weighted by Crippen LogP contribution is -2.24. The fourth-order valence-corrected chi connectivity index (χ4v) is 2.83. The number of hydrogen-bond acceptors (Lipinski definition) is 5. The van der Waals surface area contributed by atoms with Gasteiger partial charge in [-0.25, -0.2) is 9.18 Å². The molecule has 0 N–H and O–H groups in total. The summed E-state index contributed by atoms with van der Waals surface area (Å²) in [6.07, 6.45) is 0.233. The number of oxime groups is 1. The molecule has 0 radical (unpaired) electrons. The van der Waals surface area contributed by atoms with Crippen molar-refractivity contribution in [2.75, 3.05) is 6.61 Å². The predicted octanol–water partition coefficient (Wildman–Crippen LogP) is 3.17. The van der Waals surface area contributed by atoms with Gasteiger partial charge < -0.3 is 9.57 Å². The normalized spacial score (nSPS) is 17.0. The van der Waals surface area contributed by atoms with E-state index in [0.29, 0.717) is 30.7 Å². The lowest BCUT2D eigenvalue weighted by molar-refractivity contribution is -0.155. The molecule has 1 atom stereocenters. The van der Waals surface area contributed by atoms with Gasteiger partial charge in [0.25, 0.3) is 0 Å². The third-order valence-corrected chi connectivity index (χ3v) is 4.20. The molecule has 0 amide bonds. The summed E-state index contributed by atoms with van der Waals surface area (Å²) in [6.45, 7) is 0.314. The van der Waals surface area contributed by atoms with Crippen LogP contribution in [0.25, 0.3) is 0 Å². The molecule has 114 valence electrons. The molecule has 0 saturated heterocycles. The van der Waals surface area contributed by atoms with Crippen molar-refractivity contribution in [2.24, 2.45) is 5.16 Å². The van der Waals surface area contributed by atoms with Gasteiger partial charge in [-0.2, -0.15) is 0 Å². The highest BCUT2D eigenvalue weighted by atomic mass is 32.1. The van der Waals surface area contributed by atoms with Gasteiger partial charge in [0.05, 0.1) is 12.3 Å². The van der Waals surface area contributed by atoms with Crippen LogP contribution in [-0.2, 0) is 20.8 Å². The number of nitrogens with zero attached hydrogens (tertiary/aromatic N) is 1. The van der Waals surface area contributed by atoms with E-state index in [0.717, 1.165) is 4.88 Å². The second-order valence-corrected chi connectivity index (χ2v) is 5.88. The number of carbonyl (C=O) groups is 1. The molecule has 4 nitrogen and oxygen atoms in total. The van der Waals surface area contributed by atoms with Gasteiger partial charge in [0.2, 0.25) is 6.10 Å². The van der Waals surface area contributed by atoms with Crippen molar-refractivity contribution in [3.05, 3.63) is 58.0 Å². The maximum Gasteiger partial charge on any atom is 0.350 e. The second kappa shape index (κ2) is 6.70. The summed E-state index contributed by atoms with van der Waals surface area (Å²) in [7, 11) is 0. The number of benzene rings is 1. The van der Waals surface area contributed by atoms with Crippen molar-refractivity contribution in [3.63, 3.8) is 0 Å². The van der Waals surface area contributed by atoms with Gasteiger partial charge in [0.15, 0.2) is 0 Å². The Morgan fingerprint density at radius 1 is 1.41 bits per heavy atom.